The van der Waals surface area contributed by atoms with Crippen molar-refractivity contribution in [3.63, 3.8) is 0 Å². The molecule has 3 N–H and O–H groups in total. The first-order chi connectivity index (χ1) is 16.5. The van der Waals surface area contributed by atoms with E-state index >= 15 is 0 Å². The highest BCUT2D eigenvalue weighted by molar-refractivity contribution is 5.67. The molecule has 196 valence electrons. The van der Waals surface area contributed by atoms with E-state index in [-0.39, 0.29) is 12.2 Å². The van der Waals surface area contributed by atoms with Crippen LogP contribution in [0.2, 0.25) is 0 Å². The summed E-state index contributed by atoms with van der Waals surface area (Å²) in [6, 6.07) is 0.860. The van der Waals surface area contributed by atoms with E-state index in [4.69, 9.17) is 9.47 Å². The van der Waals surface area contributed by atoms with Crippen LogP contribution in [-0.2, 0) is 9.47 Å². The highest BCUT2D eigenvalue weighted by Crippen LogP contribution is 2.21. The Labute approximate surface area is 205 Å². The van der Waals surface area contributed by atoms with Gasteiger partial charge in [0, 0.05) is 84.0 Å². The lowest BCUT2D eigenvalue weighted by Gasteiger charge is -2.51. The van der Waals surface area contributed by atoms with Crippen molar-refractivity contribution in [2.75, 3.05) is 85.2 Å². The first kappa shape index (κ1) is 27.0. The number of amides is 2. The molecule has 34 heavy (non-hydrogen) atoms. The second-order valence-electron chi connectivity index (χ2n) is 10.1. The Morgan fingerprint density at radius 1 is 0.941 bits per heavy atom. The van der Waals surface area contributed by atoms with Crippen molar-refractivity contribution in [3.8, 4) is 0 Å². The predicted molar refractivity (Wildman–Crippen MR) is 132 cm³/mol. The number of nitrogens with zero attached hydrogens (tertiary/aromatic N) is 3. The molecule has 2 amide bonds. The molecule has 10 nitrogen and oxygen atoms in total. The monoisotopic (exact) mass is 482 g/mol. The maximum atomic E-state index is 12.0. The van der Waals surface area contributed by atoms with E-state index < -0.39 is 0 Å². The number of carbonyl (C=O) groups is 2. The summed E-state index contributed by atoms with van der Waals surface area (Å²) in [6.07, 6.45) is 3.17. The van der Waals surface area contributed by atoms with Gasteiger partial charge in [0.1, 0.15) is 6.61 Å². The summed E-state index contributed by atoms with van der Waals surface area (Å²) in [5.74, 6) is 0.333. The lowest BCUT2D eigenvalue weighted by Crippen LogP contribution is -2.66. The van der Waals surface area contributed by atoms with Crippen molar-refractivity contribution in [3.05, 3.63) is 0 Å². The van der Waals surface area contributed by atoms with Crippen LogP contribution in [0.5, 0.6) is 0 Å². The van der Waals surface area contributed by atoms with Crippen molar-refractivity contribution in [2.24, 2.45) is 5.92 Å². The summed E-state index contributed by atoms with van der Waals surface area (Å²) < 4.78 is 10.8. The number of ether oxygens (including phenoxy) is 2. The van der Waals surface area contributed by atoms with Crippen molar-refractivity contribution in [1.29, 1.82) is 0 Å². The number of piperazine rings is 4. The minimum Gasteiger partial charge on any atom is -0.449 e. The minimum absolute atomic E-state index is 0.317. The van der Waals surface area contributed by atoms with Crippen LogP contribution in [0.1, 0.15) is 39.5 Å². The minimum atomic E-state index is -0.328. The Balaban J connectivity index is 1.10. The van der Waals surface area contributed by atoms with E-state index in [0.717, 1.165) is 84.6 Å². The Bertz CT molecular complexity index is 618. The number of alkyl carbamates (subject to hydrolysis) is 2. The molecule has 10 heteroatoms. The lowest BCUT2D eigenvalue weighted by atomic mass is 10.0. The third-order valence-corrected chi connectivity index (χ3v) is 7.03. The average molecular weight is 483 g/mol. The van der Waals surface area contributed by atoms with Crippen LogP contribution in [0.4, 0.5) is 9.59 Å². The number of hydrogen-bond donors (Lipinski definition) is 3. The fraction of sp³-hybridized carbons (Fsp3) is 0.917. The van der Waals surface area contributed by atoms with E-state index in [0.29, 0.717) is 44.3 Å². The van der Waals surface area contributed by atoms with E-state index in [1.165, 1.54) is 0 Å². The Morgan fingerprint density at radius 2 is 1.62 bits per heavy atom. The molecule has 4 fully saturated rings. The summed E-state index contributed by atoms with van der Waals surface area (Å²) in [4.78, 5) is 31.2. The van der Waals surface area contributed by atoms with Gasteiger partial charge in [0.25, 0.3) is 0 Å². The molecule has 0 aromatic carbocycles. The van der Waals surface area contributed by atoms with Gasteiger partial charge >= 0.3 is 12.2 Å². The normalized spacial score (nSPS) is 27.7. The molecule has 4 aliphatic rings. The van der Waals surface area contributed by atoms with Crippen LogP contribution in [-0.4, -0.2) is 124 Å². The molecule has 4 rings (SSSR count). The fourth-order valence-electron chi connectivity index (χ4n) is 5.17. The highest BCUT2D eigenvalue weighted by atomic mass is 16.6. The van der Waals surface area contributed by atoms with Gasteiger partial charge in [0.15, 0.2) is 0 Å². The maximum absolute atomic E-state index is 12.0. The molecule has 0 spiro atoms. The second kappa shape index (κ2) is 14.7. The lowest BCUT2D eigenvalue weighted by molar-refractivity contribution is -0.0469. The molecule has 4 saturated heterocycles. The average Bonchev–Trinajstić information content (AvgIpc) is 2.84. The quantitative estimate of drug-likeness (QED) is 0.334. The van der Waals surface area contributed by atoms with E-state index in [1.54, 1.807) is 0 Å². The van der Waals surface area contributed by atoms with Crippen LogP contribution in [0.25, 0.3) is 0 Å². The molecule has 0 aliphatic carbocycles. The summed E-state index contributed by atoms with van der Waals surface area (Å²) in [5.41, 5.74) is 0. The van der Waals surface area contributed by atoms with Gasteiger partial charge in [-0.05, 0) is 19.8 Å². The van der Waals surface area contributed by atoms with Gasteiger partial charge in [-0.2, -0.15) is 0 Å². The smallest absolute Gasteiger partial charge is 0.407 e. The van der Waals surface area contributed by atoms with Gasteiger partial charge in [0.2, 0.25) is 0 Å². The maximum Gasteiger partial charge on any atom is 0.407 e. The molecular formula is C24H46N6O4. The number of hydrogen-bond acceptors (Lipinski definition) is 8. The van der Waals surface area contributed by atoms with Gasteiger partial charge in [-0.1, -0.05) is 19.8 Å². The summed E-state index contributed by atoms with van der Waals surface area (Å²) in [5, 5.41) is 9.03. The van der Waals surface area contributed by atoms with Gasteiger partial charge in [-0.3, -0.25) is 9.80 Å². The topological polar surface area (TPSA) is 98.4 Å². The molecule has 5 unspecified atom stereocenters. The van der Waals surface area contributed by atoms with Crippen molar-refractivity contribution in [2.45, 2.75) is 51.6 Å². The van der Waals surface area contributed by atoms with Crippen LogP contribution in [0, 0.1) is 5.92 Å². The summed E-state index contributed by atoms with van der Waals surface area (Å²) >= 11 is 0. The molecule has 4 heterocycles. The van der Waals surface area contributed by atoms with E-state index in [2.05, 4.69) is 44.5 Å². The number of unbranched alkanes of at least 4 members (excludes halogenated alkanes) is 3. The molecular weight excluding hydrogens is 436 g/mol. The molecule has 0 aromatic heterocycles. The molecule has 5 atom stereocenters. The number of nitrogens with one attached hydrogen (secondary N) is 3. The van der Waals surface area contributed by atoms with Crippen molar-refractivity contribution in [1.82, 2.24) is 30.7 Å². The van der Waals surface area contributed by atoms with Gasteiger partial charge in [-0.25, -0.2) is 9.59 Å². The largest absolute Gasteiger partial charge is 0.449 e. The molecule has 0 saturated carbocycles. The van der Waals surface area contributed by atoms with Crippen molar-refractivity contribution < 1.29 is 19.1 Å². The fourth-order valence-corrected chi connectivity index (χ4v) is 5.17. The first-order valence-corrected chi connectivity index (χ1v) is 13.2. The van der Waals surface area contributed by atoms with Crippen LogP contribution < -0.4 is 16.0 Å². The van der Waals surface area contributed by atoms with Crippen LogP contribution in [0.3, 0.4) is 0 Å². The third kappa shape index (κ3) is 9.56. The summed E-state index contributed by atoms with van der Waals surface area (Å²) in [6.45, 7) is 16.0. The second-order valence-corrected chi connectivity index (χ2v) is 10.1. The molecule has 0 radical (unpaired) electrons. The first-order valence-electron chi connectivity index (χ1n) is 13.2. The Hall–Kier alpha value is -1.62. The standard InChI is InChI=1S/C24H46N6O4/c1-20(15-28-11-9-25-10-12-28)18-33-23(31)26-7-5-3-4-6-8-27-24(32)34-19-22-17-29-13-14-30(22)21(2)16-29/h20-22,25H,3-19H2,1-2H3,(H,26,31)(H,27,32). The van der Waals surface area contributed by atoms with E-state index in [9.17, 15) is 9.59 Å². The van der Waals surface area contributed by atoms with E-state index in [1.807, 2.05) is 0 Å². The highest BCUT2D eigenvalue weighted by Gasteiger charge is 2.37. The zero-order chi connectivity index (χ0) is 24.2. The van der Waals surface area contributed by atoms with Crippen LogP contribution >= 0.6 is 0 Å². The number of carbonyl (C=O) groups excluding carboxylic acids is 2. The predicted octanol–water partition coefficient (Wildman–Crippen LogP) is 0.929. The van der Waals surface area contributed by atoms with Gasteiger partial charge in [-0.15, -0.1) is 0 Å². The van der Waals surface area contributed by atoms with Gasteiger partial charge in [0.05, 0.1) is 12.6 Å². The zero-order valence-corrected chi connectivity index (χ0v) is 21.2. The summed E-state index contributed by atoms with van der Waals surface area (Å²) in [7, 11) is 0. The Morgan fingerprint density at radius 3 is 2.26 bits per heavy atom. The SMILES string of the molecule is CC(COC(=O)NCCCCCCNC(=O)OCC1CN2CCN1C(C)C2)CN1CCNCC1. The molecule has 0 aromatic rings. The third-order valence-electron chi connectivity index (χ3n) is 7.03. The molecule has 4 aliphatic heterocycles. The number of rotatable bonds is 13. The van der Waals surface area contributed by atoms with Crippen molar-refractivity contribution >= 4 is 12.2 Å². The Kier molecular flexibility index (Phi) is 11.7. The van der Waals surface area contributed by atoms with Crippen LogP contribution in [0.15, 0.2) is 0 Å². The number of fused-ring (bicyclic) bond motifs is 3. The molecule has 2 bridgehead atoms. The van der Waals surface area contributed by atoms with Gasteiger partial charge < -0.3 is 30.3 Å². The zero-order valence-electron chi connectivity index (χ0n) is 21.2.